The Morgan fingerprint density at radius 1 is 1.57 bits per heavy atom. The van der Waals surface area contributed by atoms with E-state index in [9.17, 15) is 9.59 Å². The number of nitrogens with one attached hydrogen (secondary N) is 1. The van der Waals surface area contributed by atoms with Crippen LogP contribution in [0.4, 0.5) is 0 Å². The molecule has 0 unspecified atom stereocenters. The van der Waals surface area contributed by atoms with E-state index < -0.39 is 5.54 Å². The molecule has 4 nitrogen and oxygen atoms in total. The van der Waals surface area contributed by atoms with E-state index in [1.165, 1.54) is 6.08 Å². The van der Waals surface area contributed by atoms with E-state index in [4.69, 9.17) is 0 Å². The van der Waals surface area contributed by atoms with Gasteiger partial charge in [-0.1, -0.05) is 6.08 Å². The van der Waals surface area contributed by atoms with E-state index in [1.54, 1.807) is 31.7 Å². The fraction of sp³-hybridized carbons (Fsp3) is 0.600. The first kappa shape index (κ1) is 10.8. The summed E-state index contributed by atoms with van der Waals surface area (Å²) >= 11 is 0. The largest absolute Gasteiger partial charge is 0.352 e. The highest BCUT2D eigenvalue weighted by Crippen LogP contribution is 2.17. The van der Waals surface area contributed by atoms with Gasteiger partial charge in [-0.3, -0.25) is 9.59 Å². The molecule has 0 aromatic rings. The van der Waals surface area contributed by atoms with Crippen molar-refractivity contribution in [1.29, 1.82) is 0 Å². The first-order valence-electron chi connectivity index (χ1n) is 4.72. The summed E-state index contributed by atoms with van der Waals surface area (Å²) in [7, 11) is 0. The van der Waals surface area contributed by atoms with Crippen LogP contribution in [-0.4, -0.2) is 35.3 Å². The summed E-state index contributed by atoms with van der Waals surface area (Å²) in [4.78, 5) is 24.7. The molecule has 0 atom stereocenters. The number of allylic oxidation sites excluding steroid dienone is 1. The number of hydrogen-bond donors (Lipinski definition) is 1. The van der Waals surface area contributed by atoms with Gasteiger partial charge in [0.05, 0.1) is 0 Å². The second-order valence-corrected chi connectivity index (χ2v) is 3.80. The fourth-order valence-electron chi connectivity index (χ4n) is 1.52. The lowest BCUT2D eigenvalue weighted by Crippen LogP contribution is -2.63. The van der Waals surface area contributed by atoms with Gasteiger partial charge in [-0.15, -0.1) is 0 Å². The number of nitrogens with zero attached hydrogens (tertiary/aromatic N) is 1. The smallest absolute Gasteiger partial charge is 0.247 e. The van der Waals surface area contributed by atoms with Gasteiger partial charge in [0.15, 0.2) is 0 Å². The SMILES string of the molecule is C/C=C/C(=O)N1CCNC(=O)C1(C)C. The van der Waals surface area contributed by atoms with Crippen molar-refractivity contribution in [2.24, 2.45) is 0 Å². The van der Waals surface area contributed by atoms with Crippen molar-refractivity contribution in [3.05, 3.63) is 12.2 Å². The summed E-state index contributed by atoms with van der Waals surface area (Å²) in [5.41, 5.74) is -0.741. The van der Waals surface area contributed by atoms with E-state index in [1.807, 2.05) is 0 Å². The van der Waals surface area contributed by atoms with Gasteiger partial charge in [0.25, 0.3) is 0 Å². The minimum absolute atomic E-state index is 0.0957. The van der Waals surface area contributed by atoms with E-state index in [2.05, 4.69) is 5.32 Å². The second-order valence-electron chi connectivity index (χ2n) is 3.80. The van der Waals surface area contributed by atoms with Crippen molar-refractivity contribution >= 4 is 11.8 Å². The zero-order valence-electron chi connectivity index (χ0n) is 8.83. The van der Waals surface area contributed by atoms with E-state index in [-0.39, 0.29) is 11.8 Å². The van der Waals surface area contributed by atoms with Crippen molar-refractivity contribution in [2.45, 2.75) is 26.3 Å². The Bertz CT molecular complexity index is 282. The predicted octanol–water partition coefficient (Wildman–Crippen LogP) is 0.299. The fourth-order valence-corrected chi connectivity index (χ4v) is 1.52. The Morgan fingerprint density at radius 2 is 2.21 bits per heavy atom. The van der Waals surface area contributed by atoms with E-state index in [0.29, 0.717) is 13.1 Å². The molecule has 0 radical (unpaired) electrons. The van der Waals surface area contributed by atoms with Crippen LogP contribution < -0.4 is 5.32 Å². The van der Waals surface area contributed by atoms with Crippen LogP contribution in [0, 0.1) is 0 Å². The maximum absolute atomic E-state index is 11.6. The Labute approximate surface area is 84.0 Å². The molecule has 0 spiro atoms. The molecular weight excluding hydrogens is 180 g/mol. The molecular formula is C10H16N2O2. The summed E-state index contributed by atoms with van der Waals surface area (Å²) in [6.07, 6.45) is 3.17. The molecule has 78 valence electrons. The van der Waals surface area contributed by atoms with Crippen LogP contribution >= 0.6 is 0 Å². The Morgan fingerprint density at radius 3 is 2.79 bits per heavy atom. The van der Waals surface area contributed by atoms with Crippen LogP contribution in [0.2, 0.25) is 0 Å². The average molecular weight is 196 g/mol. The van der Waals surface area contributed by atoms with Crippen LogP contribution in [0.1, 0.15) is 20.8 Å². The van der Waals surface area contributed by atoms with Crippen LogP contribution in [0.15, 0.2) is 12.2 Å². The monoisotopic (exact) mass is 196 g/mol. The Balaban J connectivity index is 2.86. The molecule has 0 aliphatic carbocycles. The Kier molecular flexibility index (Phi) is 2.93. The van der Waals surface area contributed by atoms with Gasteiger partial charge in [-0.2, -0.15) is 0 Å². The quantitative estimate of drug-likeness (QED) is 0.613. The molecule has 14 heavy (non-hydrogen) atoms. The van der Waals surface area contributed by atoms with Gasteiger partial charge in [-0.05, 0) is 26.8 Å². The highest BCUT2D eigenvalue weighted by Gasteiger charge is 2.39. The van der Waals surface area contributed by atoms with Crippen molar-refractivity contribution in [2.75, 3.05) is 13.1 Å². The molecule has 0 saturated carbocycles. The molecule has 1 rings (SSSR count). The number of hydrogen-bond acceptors (Lipinski definition) is 2. The summed E-state index contributed by atoms with van der Waals surface area (Å²) < 4.78 is 0. The standard InChI is InChI=1S/C10H16N2O2/c1-4-5-8(13)12-7-6-11-9(14)10(12,2)3/h4-5H,6-7H2,1-3H3,(H,11,14)/b5-4+. The maximum Gasteiger partial charge on any atom is 0.247 e. The van der Waals surface area contributed by atoms with Gasteiger partial charge in [-0.25, -0.2) is 0 Å². The lowest BCUT2D eigenvalue weighted by molar-refractivity contribution is -0.146. The molecule has 4 heteroatoms. The van der Waals surface area contributed by atoms with Crippen molar-refractivity contribution in [3.8, 4) is 0 Å². The van der Waals surface area contributed by atoms with Crippen molar-refractivity contribution in [1.82, 2.24) is 10.2 Å². The topological polar surface area (TPSA) is 49.4 Å². The zero-order chi connectivity index (χ0) is 10.8. The maximum atomic E-state index is 11.6. The normalized spacial score (nSPS) is 21.1. The third kappa shape index (κ3) is 1.78. The third-order valence-electron chi connectivity index (χ3n) is 2.43. The van der Waals surface area contributed by atoms with Crippen LogP contribution in [0.3, 0.4) is 0 Å². The summed E-state index contributed by atoms with van der Waals surface area (Å²) in [5, 5.41) is 2.74. The highest BCUT2D eigenvalue weighted by molar-refractivity contribution is 5.95. The molecule has 1 heterocycles. The van der Waals surface area contributed by atoms with Gasteiger partial charge in [0.1, 0.15) is 5.54 Å². The third-order valence-corrected chi connectivity index (χ3v) is 2.43. The van der Waals surface area contributed by atoms with Gasteiger partial charge in [0.2, 0.25) is 11.8 Å². The highest BCUT2D eigenvalue weighted by atomic mass is 16.2. The van der Waals surface area contributed by atoms with Gasteiger partial charge >= 0.3 is 0 Å². The molecule has 0 bridgehead atoms. The van der Waals surface area contributed by atoms with E-state index >= 15 is 0 Å². The predicted molar refractivity (Wildman–Crippen MR) is 53.6 cm³/mol. The number of piperazine rings is 1. The average Bonchev–Trinajstić information content (AvgIpc) is 2.10. The molecule has 0 aromatic carbocycles. The molecule has 1 saturated heterocycles. The van der Waals surface area contributed by atoms with Crippen LogP contribution in [0.5, 0.6) is 0 Å². The minimum atomic E-state index is -0.741. The van der Waals surface area contributed by atoms with Crippen LogP contribution in [-0.2, 0) is 9.59 Å². The summed E-state index contributed by atoms with van der Waals surface area (Å²) in [6.45, 7) is 6.40. The van der Waals surface area contributed by atoms with Gasteiger partial charge < -0.3 is 10.2 Å². The van der Waals surface area contributed by atoms with Crippen LogP contribution in [0.25, 0.3) is 0 Å². The summed E-state index contributed by atoms with van der Waals surface area (Å²) in [5.74, 6) is -0.200. The molecule has 1 aliphatic heterocycles. The molecule has 1 fully saturated rings. The Hall–Kier alpha value is -1.32. The summed E-state index contributed by atoms with van der Waals surface area (Å²) in [6, 6.07) is 0. The molecule has 1 N–H and O–H groups in total. The zero-order valence-corrected chi connectivity index (χ0v) is 8.83. The van der Waals surface area contributed by atoms with Gasteiger partial charge in [0, 0.05) is 13.1 Å². The molecule has 0 aromatic heterocycles. The van der Waals surface area contributed by atoms with E-state index in [0.717, 1.165) is 0 Å². The number of carbonyl (C=O) groups excluding carboxylic acids is 2. The minimum Gasteiger partial charge on any atom is -0.352 e. The lowest BCUT2D eigenvalue weighted by Gasteiger charge is -2.40. The number of carbonyl (C=O) groups is 2. The first-order valence-corrected chi connectivity index (χ1v) is 4.72. The number of rotatable bonds is 1. The second kappa shape index (κ2) is 3.82. The van der Waals surface area contributed by atoms with Crippen molar-refractivity contribution < 1.29 is 9.59 Å². The van der Waals surface area contributed by atoms with Crippen molar-refractivity contribution in [3.63, 3.8) is 0 Å². The molecule has 2 amide bonds. The number of amides is 2. The lowest BCUT2D eigenvalue weighted by atomic mass is 9.99. The molecule has 1 aliphatic rings. The first-order chi connectivity index (χ1) is 6.50.